The molecule has 0 aliphatic rings. The number of rotatable bonds is 8. The average molecular weight is 375 g/mol. The summed E-state index contributed by atoms with van der Waals surface area (Å²) in [6.45, 7) is 0.610. The van der Waals surface area contributed by atoms with Crippen LogP contribution in [0.5, 0.6) is 0 Å². The lowest BCUT2D eigenvalue weighted by Gasteiger charge is -2.15. The maximum Gasteiger partial charge on any atom is 0.233 e. The standard InChI is InChI=1S/C12H14N4O2S4/c1-16(4-8-2-3-19-5-8)10(18)7-21-12-15-14-11(22-12)20-6-9(13)17/h2-3,5H,4,6-7H2,1H3,(H2,13,17). The summed E-state index contributed by atoms with van der Waals surface area (Å²) in [6, 6.07) is 2.01. The van der Waals surface area contributed by atoms with Gasteiger partial charge in [0.15, 0.2) is 8.68 Å². The summed E-state index contributed by atoms with van der Waals surface area (Å²) in [6.07, 6.45) is 0. The Bertz CT molecular complexity index is 629. The minimum Gasteiger partial charge on any atom is -0.369 e. The lowest BCUT2D eigenvalue weighted by Crippen LogP contribution is -2.27. The summed E-state index contributed by atoms with van der Waals surface area (Å²) >= 11 is 5.59. The van der Waals surface area contributed by atoms with Crippen LogP contribution in [0.3, 0.4) is 0 Å². The summed E-state index contributed by atoms with van der Waals surface area (Å²) in [4.78, 5) is 24.5. The van der Waals surface area contributed by atoms with E-state index >= 15 is 0 Å². The first kappa shape index (κ1) is 17.3. The van der Waals surface area contributed by atoms with Crippen LogP contribution in [0.4, 0.5) is 0 Å². The number of nitrogens with two attached hydrogens (primary N) is 1. The number of amides is 2. The fourth-order valence-corrected chi connectivity index (χ4v) is 4.78. The Hall–Kier alpha value is -1.10. The quantitative estimate of drug-likeness (QED) is 0.710. The number of nitrogens with zero attached hydrogens (tertiary/aromatic N) is 3. The SMILES string of the molecule is CN(Cc1ccsc1)C(=O)CSc1nnc(SCC(N)=O)s1. The number of aromatic nitrogens is 2. The van der Waals surface area contributed by atoms with Crippen molar-refractivity contribution < 1.29 is 9.59 Å². The predicted molar refractivity (Wildman–Crippen MR) is 91.3 cm³/mol. The Morgan fingerprint density at radius 3 is 2.55 bits per heavy atom. The molecular weight excluding hydrogens is 360 g/mol. The van der Waals surface area contributed by atoms with Crippen LogP contribution in [0.2, 0.25) is 0 Å². The molecule has 2 N–H and O–H groups in total. The van der Waals surface area contributed by atoms with E-state index in [4.69, 9.17) is 5.73 Å². The van der Waals surface area contributed by atoms with Gasteiger partial charge in [-0.1, -0.05) is 34.9 Å². The van der Waals surface area contributed by atoms with Gasteiger partial charge in [-0.15, -0.1) is 10.2 Å². The van der Waals surface area contributed by atoms with E-state index in [-0.39, 0.29) is 17.6 Å². The van der Waals surface area contributed by atoms with Gasteiger partial charge in [-0.2, -0.15) is 11.3 Å². The molecule has 2 heterocycles. The van der Waals surface area contributed by atoms with Gasteiger partial charge in [0.1, 0.15) is 0 Å². The maximum atomic E-state index is 12.1. The van der Waals surface area contributed by atoms with Crippen molar-refractivity contribution in [1.29, 1.82) is 0 Å². The van der Waals surface area contributed by atoms with Crippen molar-refractivity contribution in [3.8, 4) is 0 Å². The molecular formula is C12H14N4O2S4. The smallest absolute Gasteiger partial charge is 0.233 e. The first-order valence-corrected chi connectivity index (χ1v) is 9.90. The van der Waals surface area contributed by atoms with Gasteiger partial charge in [0.2, 0.25) is 11.8 Å². The molecule has 0 atom stereocenters. The summed E-state index contributed by atoms with van der Waals surface area (Å²) in [5.41, 5.74) is 6.21. The van der Waals surface area contributed by atoms with E-state index in [0.717, 1.165) is 5.56 Å². The third kappa shape index (κ3) is 5.59. The van der Waals surface area contributed by atoms with Crippen molar-refractivity contribution in [2.45, 2.75) is 15.2 Å². The van der Waals surface area contributed by atoms with Crippen LogP contribution < -0.4 is 5.73 Å². The van der Waals surface area contributed by atoms with E-state index in [2.05, 4.69) is 10.2 Å². The van der Waals surface area contributed by atoms with Gasteiger partial charge in [-0.05, 0) is 22.4 Å². The molecule has 2 rings (SSSR count). The number of primary amides is 1. The van der Waals surface area contributed by atoms with Crippen molar-refractivity contribution in [1.82, 2.24) is 15.1 Å². The van der Waals surface area contributed by atoms with E-state index in [1.807, 2.05) is 16.8 Å². The third-order valence-corrected chi connectivity index (χ3v) is 6.40. The van der Waals surface area contributed by atoms with E-state index in [1.54, 1.807) is 23.3 Å². The van der Waals surface area contributed by atoms with E-state index < -0.39 is 0 Å². The van der Waals surface area contributed by atoms with Gasteiger partial charge in [-0.3, -0.25) is 9.59 Å². The number of carbonyl (C=O) groups is 2. The van der Waals surface area contributed by atoms with Gasteiger partial charge in [0.25, 0.3) is 0 Å². The zero-order chi connectivity index (χ0) is 15.9. The lowest BCUT2D eigenvalue weighted by molar-refractivity contribution is -0.127. The molecule has 0 saturated heterocycles. The Morgan fingerprint density at radius 1 is 1.27 bits per heavy atom. The second kappa shape index (κ2) is 8.51. The first-order valence-electron chi connectivity index (χ1n) is 6.17. The van der Waals surface area contributed by atoms with E-state index in [0.29, 0.717) is 21.0 Å². The summed E-state index contributed by atoms with van der Waals surface area (Å²) in [5, 5.41) is 12.0. The predicted octanol–water partition coefficient (Wildman–Crippen LogP) is 1.93. The molecule has 0 aliphatic heterocycles. The molecule has 0 saturated carbocycles. The Balaban J connectivity index is 1.77. The number of hydrogen-bond acceptors (Lipinski definition) is 8. The molecule has 10 heteroatoms. The fraction of sp³-hybridized carbons (Fsp3) is 0.333. The number of thiophene rings is 1. The summed E-state index contributed by atoms with van der Waals surface area (Å²) < 4.78 is 1.39. The average Bonchev–Trinajstić information content (AvgIpc) is 3.13. The van der Waals surface area contributed by atoms with Crippen LogP contribution in [-0.4, -0.2) is 45.5 Å². The molecule has 2 aromatic heterocycles. The fourth-order valence-electron chi connectivity index (χ4n) is 1.43. The van der Waals surface area contributed by atoms with Crippen LogP contribution >= 0.6 is 46.2 Å². The third-order valence-electron chi connectivity index (χ3n) is 2.47. The number of hydrogen-bond donors (Lipinski definition) is 1. The molecule has 0 spiro atoms. The highest BCUT2D eigenvalue weighted by Crippen LogP contribution is 2.28. The highest BCUT2D eigenvalue weighted by Gasteiger charge is 2.13. The van der Waals surface area contributed by atoms with Crippen molar-refractivity contribution in [2.24, 2.45) is 5.73 Å². The number of carbonyl (C=O) groups excluding carboxylic acids is 2. The summed E-state index contributed by atoms with van der Waals surface area (Å²) in [7, 11) is 1.79. The molecule has 0 bridgehead atoms. The maximum absolute atomic E-state index is 12.1. The highest BCUT2D eigenvalue weighted by atomic mass is 32.2. The lowest BCUT2D eigenvalue weighted by atomic mass is 10.3. The summed E-state index contributed by atoms with van der Waals surface area (Å²) in [5.74, 6) is 0.148. The zero-order valence-electron chi connectivity index (χ0n) is 11.7. The van der Waals surface area contributed by atoms with E-state index in [9.17, 15) is 9.59 Å². The van der Waals surface area contributed by atoms with Gasteiger partial charge in [0.05, 0.1) is 11.5 Å². The van der Waals surface area contributed by atoms with Crippen molar-refractivity contribution in [3.63, 3.8) is 0 Å². The molecule has 6 nitrogen and oxygen atoms in total. The first-order chi connectivity index (χ1) is 10.5. The zero-order valence-corrected chi connectivity index (χ0v) is 15.0. The van der Waals surface area contributed by atoms with Crippen molar-refractivity contribution in [2.75, 3.05) is 18.6 Å². The van der Waals surface area contributed by atoms with Crippen molar-refractivity contribution >= 4 is 58.0 Å². The van der Waals surface area contributed by atoms with Gasteiger partial charge in [-0.25, -0.2) is 0 Å². The highest BCUT2D eigenvalue weighted by molar-refractivity contribution is 8.03. The molecule has 2 aromatic rings. The molecule has 118 valence electrons. The van der Waals surface area contributed by atoms with Gasteiger partial charge >= 0.3 is 0 Å². The molecule has 22 heavy (non-hydrogen) atoms. The second-order valence-corrected chi connectivity index (χ2v) is 8.46. The van der Waals surface area contributed by atoms with Crippen LogP contribution in [0, 0.1) is 0 Å². The molecule has 0 unspecified atom stereocenters. The monoisotopic (exact) mass is 374 g/mol. The molecule has 0 aliphatic carbocycles. The normalized spacial score (nSPS) is 10.6. The van der Waals surface area contributed by atoms with Crippen molar-refractivity contribution in [3.05, 3.63) is 22.4 Å². The van der Waals surface area contributed by atoms with Crippen LogP contribution in [-0.2, 0) is 16.1 Å². The molecule has 0 aromatic carbocycles. The molecule has 0 fully saturated rings. The Kier molecular flexibility index (Phi) is 6.68. The Labute approximate surface area is 144 Å². The minimum atomic E-state index is -0.389. The largest absolute Gasteiger partial charge is 0.369 e. The van der Waals surface area contributed by atoms with Gasteiger partial charge < -0.3 is 10.6 Å². The van der Waals surface area contributed by atoms with Gasteiger partial charge in [0, 0.05) is 13.6 Å². The molecule has 2 amide bonds. The van der Waals surface area contributed by atoms with Crippen LogP contribution in [0.15, 0.2) is 25.5 Å². The minimum absolute atomic E-state index is 0.0396. The van der Waals surface area contributed by atoms with E-state index in [1.165, 1.54) is 34.9 Å². The Morgan fingerprint density at radius 2 is 1.95 bits per heavy atom. The molecule has 0 radical (unpaired) electrons. The number of thioether (sulfide) groups is 2. The van der Waals surface area contributed by atoms with Crippen LogP contribution in [0.25, 0.3) is 0 Å². The topological polar surface area (TPSA) is 89.2 Å². The van der Waals surface area contributed by atoms with Crippen LogP contribution in [0.1, 0.15) is 5.56 Å². The second-order valence-electron chi connectivity index (χ2n) is 4.26.